The molecule has 0 radical (unpaired) electrons. The quantitative estimate of drug-likeness (QED) is 0.766. The monoisotopic (exact) mass is 365 g/mol. The summed E-state index contributed by atoms with van der Waals surface area (Å²) in [7, 11) is 0. The predicted molar refractivity (Wildman–Crippen MR) is 102 cm³/mol. The summed E-state index contributed by atoms with van der Waals surface area (Å²) >= 11 is 1.57. The van der Waals surface area contributed by atoms with Crippen LogP contribution in [0.25, 0.3) is 21.7 Å². The van der Waals surface area contributed by atoms with Crippen LogP contribution in [0.1, 0.15) is 21.8 Å². The van der Waals surface area contributed by atoms with Crippen LogP contribution >= 0.6 is 11.3 Å². The van der Waals surface area contributed by atoms with E-state index in [0.717, 1.165) is 33.1 Å². The van der Waals surface area contributed by atoms with Gasteiger partial charge in [-0.05, 0) is 36.6 Å². The number of nitrogens with zero attached hydrogens (tertiary/aromatic N) is 2. The van der Waals surface area contributed by atoms with Crippen molar-refractivity contribution in [1.29, 1.82) is 0 Å². The first-order valence-electron chi connectivity index (χ1n) is 8.59. The van der Waals surface area contributed by atoms with Gasteiger partial charge in [0.15, 0.2) is 0 Å². The summed E-state index contributed by atoms with van der Waals surface area (Å²) in [6, 6.07) is 15.9. The van der Waals surface area contributed by atoms with Gasteiger partial charge in [-0.3, -0.25) is 4.79 Å². The maximum atomic E-state index is 12.6. The SMILES string of the molecule is Cc1nnc(-c2ccccc2-c2cccc(C(=O)NC3CCOC3)c2)s1. The second-order valence-corrected chi connectivity index (χ2v) is 7.47. The molecule has 6 heteroatoms. The molecule has 1 N–H and O–H groups in total. The first-order chi connectivity index (χ1) is 12.7. The number of benzene rings is 2. The minimum atomic E-state index is -0.0633. The van der Waals surface area contributed by atoms with E-state index in [-0.39, 0.29) is 11.9 Å². The number of hydrogen-bond donors (Lipinski definition) is 1. The molecular formula is C20H19N3O2S. The van der Waals surface area contributed by atoms with Gasteiger partial charge in [0.2, 0.25) is 0 Å². The van der Waals surface area contributed by atoms with E-state index in [1.165, 1.54) is 0 Å². The summed E-state index contributed by atoms with van der Waals surface area (Å²) in [5.74, 6) is -0.0633. The lowest BCUT2D eigenvalue weighted by molar-refractivity contribution is 0.0930. The van der Waals surface area contributed by atoms with Gasteiger partial charge < -0.3 is 10.1 Å². The molecule has 132 valence electrons. The zero-order valence-electron chi connectivity index (χ0n) is 14.4. The van der Waals surface area contributed by atoms with Crippen LogP contribution in [-0.2, 0) is 4.74 Å². The molecule has 1 fully saturated rings. The van der Waals surface area contributed by atoms with Crippen molar-refractivity contribution in [3.63, 3.8) is 0 Å². The Hall–Kier alpha value is -2.57. The van der Waals surface area contributed by atoms with Crippen LogP contribution in [-0.4, -0.2) is 35.4 Å². The van der Waals surface area contributed by atoms with Crippen molar-refractivity contribution in [2.24, 2.45) is 0 Å². The third-order valence-corrected chi connectivity index (χ3v) is 5.26. The Morgan fingerprint density at radius 3 is 2.73 bits per heavy atom. The number of amides is 1. The Balaban J connectivity index is 1.66. The van der Waals surface area contributed by atoms with E-state index < -0.39 is 0 Å². The van der Waals surface area contributed by atoms with Gasteiger partial charge >= 0.3 is 0 Å². The molecule has 0 bridgehead atoms. The van der Waals surface area contributed by atoms with Crippen molar-refractivity contribution in [3.05, 3.63) is 59.1 Å². The van der Waals surface area contributed by atoms with Crippen molar-refractivity contribution in [2.75, 3.05) is 13.2 Å². The summed E-state index contributed by atoms with van der Waals surface area (Å²) in [5, 5.41) is 13.3. The molecule has 1 aliphatic rings. The largest absolute Gasteiger partial charge is 0.379 e. The number of carbonyl (C=O) groups excluding carboxylic acids is 1. The molecule has 2 heterocycles. The van der Waals surface area contributed by atoms with E-state index in [1.54, 1.807) is 11.3 Å². The number of rotatable bonds is 4. The third-order valence-electron chi connectivity index (χ3n) is 4.38. The van der Waals surface area contributed by atoms with Crippen molar-refractivity contribution in [3.8, 4) is 21.7 Å². The van der Waals surface area contributed by atoms with Crippen LogP contribution in [0.2, 0.25) is 0 Å². The molecule has 26 heavy (non-hydrogen) atoms. The average Bonchev–Trinajstić information content (AvgIpc) is 3.33. The highest BCUT2D eigenvalue weighted by atomic mass is 32.1. The molecule has 0 aliphatic carbocycles. The van der Waals surface area contributed by atoms with E-state index in [4.69, 9.17) is 4.74 Å². The fraction of sp³-hybridized carbons (Fsp3) is 0.250. The van der Waals surface area contributed by atoms with E-state index >= 15 is 0 Å². The molecule has 1 unspecified atom stereocenters. The van der Waals surface area contributed by atoms with Gasteiger partial charge in [-0.25, -0.2) is 0 Å². The smallest absolute Gasteiger partial charge is 0.251 e. The minimum Gasteiger partial charge on any atom is -0.379 e. The van der Waals surface area contributed by atoms with Crippen LogP contribution < -0.4 is 5.32 Å². The maximum Gasteiger partial charge on any atom is 0.251 e. The van der Waals surface area contributed by atoms with E-state index in [9.17, 15) is 4.79 Å². The van der Waals surface area contributed by atoms with Crippen LogP contribution in [0.5, 0.6) is 0 Å². The number of nitrogens with one attached hydrogen (secondary N) is 1. The first-order valence-corrected chi connectivity index (χ1v) is 9.41. The van der Waals surface area contributed by atoms with E-state index in [0.29, 0.717) is 18.8 Å². The molecule has 0 saturated carbocycles. The topological polar surface area (TPSA) is 64.1 Å². The highest BCUT2D eigenvalue weighted by Gasteiger charge is 2.19. The Kier molecular flexibility index (Phi) is 4.77. The van der Waals surface area contributed by atoms with Crippen LogP contribution in [0.15, 0.2) is 48.5 Å². The molecule has 5 nitrogen and oxygen atoms in total. The minimum absolute atomic E-state index is 0.0633. The molecule has 0 spiro atoms. The van der Waals surface area contributed by atoms with Gasteiger partial charge in [0, 0.05) is 17.7 Å². The van der Waals surface area contributed by atoms with Gasteiger partial charge in [-0.15, -0.1) is 10.2 Å². The van der Waals surface area contributed by atoms with Gasteiger partial charge in [0.05, 0.1) is 12.6 Å². The fourth-order valence-electron chi connectivity index (χ4n) is 3.07. The number of aryl methyl sites for hydroxylation is 1. The van der Waals surface area contributed by atoms with Gasteiger partial charge in [-0.2, -0.15) is 0 Å². The molecule has 4 rings (SSSR count). The number of aromatic nitrogens is 2. The lowest BCUT2D eigenvalue weighted by Gasteiger charge is -2.12. The molecule has 1 atom stereocenters. The van der Waals surface area contributed by atoms with Crippen molar-refractivity contribution in [2.45, 2.75) is 19.4 Å². The Morgan fingerprint density at radius 1 is 1.15 bits per heavy atom. The highest BCUT2D eigenvalue weighted by molar-refractivity contribution is 7.14. The van der Waals surface area contributed by atoms with E-state index in [1.807, 2.05) is 55.5 Å². The molecule has 2 aromatic carbocycles. The third kappa shape index (κ3) is 3.52. The molecule has 1 aliphatic heterocycles. The highest BCUT2D eigenvalue weighted by Crippen LogP contribution is 2.33. The fourth-order valence-corrected chi connectivity index (χ4v) is 3.80. The summed E-state index contributed by atoms with van der Waals surface area (Å²) in [5.41, 5.74) is 3.71. The Labute approximate surface area is 156 Å². The molecule has 1 aromatic heterocycles. The van der Waals surface area contributed by atoms with Crippen LogP contribution in [0, 0.1) is 6.92 Å². The normalized spacial score (nSPS) is 16.6. The van der Waals surface area contributed by atoms with Gasteiger partial charge in [0.25, 0.3) is 5.91 Å². The van der Waals surface area contributed by atoms with Crippen molar-refractivity contribution >= 4 is 17.2 Å². The molecular weight excluding hydrogens is 346 g/mol. The van der Waals surface area contributed by atoms with Crippen LogP contribution in [0.3, 0.4) is 0 Å². The summed E-state index contributed by atoms with van der Waals surface area (Å²) in [6.07, 6.45) is 0.866. The average molecular weight is 365 g/mol. The van der Waals surface area contributed by atoms with Gasteiger partial charge in [-0.1, -0.05) is 47.7 Å². The number of carbonyl (C=O) groups is 1. The van der Waals surface area contributed by atoms with Crippen LogP contribution in [0.4, 0.5) is 0 Å². The summed E-state index contributed by atoms with van der Waals surface area (Å²) in [4.78, 5) is 12.6. The number of hydrogen-bond acceptors (Lipinski definition) is 5. The molecule has 1 amide bonds. The zero-order chi connectivity index (χ0) is 17.9. The van der Waals surface area contributed by atoms with Gasteiger partial charge in [0.1, 0.15) is 10.0 Å². The Morgan fingerprint density at radius 2 is 2.00 bits per heavy atom. The summed E-state index contributed by atoms with van der Waals surface area (Å²) < 4.78 is 5.33. The predicted octanol–water partition coefficient (Wildman–Crippen LogP) is 3.70. The second-order valence-electron chi connectivity index (χ2n) is 6.29. The molecule has 1 saturated heterocycles. The standard InChI is InChI=1S/C20H19N3O2S/c1-13-22-23-20(26-13)18-8-3-2-7-17(18)14-5-4-6-15(11-14)19(24)21-16-9-10-25-12-16/h2-8,11,16H,9-10,12H2,1H3,(H,21,24). The zero-order valence-corrected chi connectivity index (χ0v) is 15.3. The lowest BCUT2D eigenvalue weighted by Crippen LogP contribution is -2.34. The number of ether oxygens (including phenoxy) is 1. The first kappa shape index (κ1) is 16.9. The lowest BCUT2D eigenvalue weighted by atomic mass is 9.98. The summed E-state index contributed by atoms with van der Waals surface area (Å²) in [6.45, 7) is 3.24. The van der Waals surface area contributed by atoms with E-state index in [2.05, 4.69) is 15.5 Å². The molecule has 3 aromatic rings. The Bertz CT molecular complexity index is 932. The van der Waals surface area contributed by atoms with Crippen molar-refractivity contribution < 1.29 is 9.53 Å². The van der Waals surface area contributed by atoms with Crippen molar-refractivity contribution in [1.82, 2.24) is 15.5 Å². The second kappa shape index (κ2) is 7.35. The maximum absolute atomic E-state index is 12.6.